The molecule has 14 atom stereocenters. The number of ether oxygens (including phenoxy) is 8. The molecule has 0 amide bonds. The van der Waals surface area contributed by atoms with E-state index in [1.807, 2.05) is 32.9 Å². The van der Waals surface area contributed by atoms with Gasteiger partial charge in [0.25, 0.3) is 0 Å². The van der Waals surface area contributed by atoms with Crippen LogP contribution in [0.5, 0.6) is 11.5 Å². The molecule has 1 aromatic carbocycles. The Bertz CT molecular complexity index is 2170. The summed E-state index contributed by atoms with van der Waals surface area (Å²) in [7, 11) is 1.26. The van der Waals surface area contributed by atoms with E-state index in [0.717, 1.165) is 0 Å². The molecule has 71 heavy (non-hydrogen) atoms. The van der Waals surface area contributed by atoms with Gasteiger partial charge in [0.1, 0.15) is 41.1 Å². The highest BCUT2D eigenvalue weighted by Crippen LogP contribution is 2.44. The smallest absolute Gasteiger partial charge is 0.342 e. The molecule has 7 N–H and O–H groups in total. The molecule has 0 spiro atoms. The van der Waals surface area contributed by atoms with Crippen LogP contribution in [0, 0.1) is 18.8 Å². The van der Waals surface area contributed by atoms with Gasteiger partial charge in [-0.25, -0.2) is 9.59 Å². The number of methoxy groups -OCH3 is 1. The summed E-state index contributed by atoms with van der Waals surface area (Å²) in [6, 6.07) is 0. The first-order chi connectivity index (χ1) is 33.2. The number of rotatable bonds is 12. The largest absolute Gasteiger partial charge is 0.505 e. The maximum Gasteiger partial charge on any atom is 0.342 e. The molecule has 4 rings (SSSR count). The SMILES string of the molecule is CCC1C=C(C)C(O)CC=CC=C(COC2OC(C)C(OC(=O)c3c(C)c(Cl)c(O)c(Cl)c3O)C(O)C2OC)C(=O)OC(C(C)O)CC=C(C)C=C(C)C1OC1OC(C)(C)C(O)C(O)C1OC(=O)C(C)C. The Morgan fingerprint density at radius 3 is 2.17 bits per heavy atom. The highest BCUT2D eigenvalue weighted by atomic mass is 35.5. The number of aliphatic hydroxyl groups excluding tert-OH is 5. The van der Waals surface area contributed by atoms with Crippen LogP contribution in [0.1, 0.15) is 104 Å². The molecule has 0 bridgehead atoms. The molecule has 0 radical (unpaired) electrons. The average Bonchev–Trinajstić information content (AvgIpc) is 3.30. The van der Waals surface area contributed by atoms with Crippen molar-refractivity contribution >= 4 is 41.1 Å². The normalized spacial score (nSPS) is 31.8. The summed E-state index contributed by atoms with van der Waals surface area (Å²) in [5.41, 5.74) is 0.153. The Morgan fingerprint density at radius 1 is 0.901 bits per heavy atom. The molecule has 2 fully saturated rings. The second-order valence-corrected chi connectivity index (χ2v) is 19.9. The predicted molar refractivity (Wildman–Crippen MR) is 260 cm³/mol. The predicted octanol–water partition coefficient (Wildman–Crippen LogP) is 5.98. The molecule has 0 aromatic heterocycles. The van der Waals surface area contributed by atoms with Crippen molar-refractivity contribution in [2.75, 3.05) is 13.7 Å². The number of hydrogen-bond donors (Lipinski definition) is 7. The molecular formula is C51H72Cl2O18. The first kappa shape index (κ1) is 59.7. The third-order valence-electron chi connectivity index (χ3n) is 12.8. The summed E-state index contributed by atoms with van der Waals surface area (Å²) in [4.78, 5) is 40.1. The number of carbonyl (C=O) groups excluding carboxylic acids is 3. The molecule has 20 heteroatoms. The van der Waals surface area contributed by atoms with Gasteiger partial charge in [-0.3, -0.25) is 4.79 Å². The fourth-order valence-corrected chi connectivity index (χ4v) is 8.71. The number of phenolic OH excluding ortho intramolecular Hbond substituents is 2. The van der Waals surface area contributed by atoms with E-state index in [1.165, 1.54) is 40.0 Å². The van der Waals surface area contributed by atoms with E-state index < -0.39 is 144 Å². The molecule has 18 nitrogen and oxygen atoms in total. The second kappa shape index (κ2) is 25.9. The molecule has 398 valence electrons. The van der Waals surface area contributed by atoms with Crippen LogP contribution < -0.4 is 0 Å². The Labute approximate surface area is 425 Å². The van der Waals surface area contributed by atoms with Crippen LogP contribution in [0.2, 0.25) is 10.0 Å². The zero-order valence-corrected chi connectivity index (χ0v) is 43.8. The van der Waals surface area contributed by atoms with Crippen molar-refractivity contribution in [3.63, 3.8) is 0 Å². The van der Waals surface area contributed by atoms with E-state index in [2.05, 4.69) is 0 Å². The fourth-order valence-electron chi connectivity index (χ4n) is 8.29. The lowest BCUT2D eigenvalue weighted by molar-refractivity contribution is -0.333. The van der Waals surface area contributed by atoms with Gasteiger partial charge in [0, 0.05) is 19.4 Å². The van der Waals surface area contributed by atoms with E-state index in [1.54, 1.807) is 46.8 Å². The second-order valence-electron chi connectivity index (χ2n) is 19.2. The number of benzene rings is 1. The molecule has 0 aliphatic carbocycles. The third kappa shape index (κ3) is 14.7. The van der Waals surface area contributed by atoms with Crippen LogP contribution in [0.4, 0.5) is 0 Å². The van der Waals surface area contributed by atoms with Gasteiger partial charge in [0.2, 0.25) is 0 Å². The molecule has 3 aliphatic heterocycles. The van der Waals surface area contributed by atoms with Crippen LogP contribution in [-0.2, 0) is 47.5 Å². The van der Waals surface area contributed by atoms with Gasteiger partial charge in [-0.2, -0.15) is 0 Å². The van der Waals surface area contributed by atoms with Gasteiger partial charge in [0.15, 0.2) is 36.3 Å². The number of esters is 3. The number of halogens is 2. The lowest BCUT2D eigenvalue weighted by Gasteiger charge is -2.47. The monoisotopic (exact) mass is 1040 g/mol. The minimum absolute atomic E-state index is 0.0290. The van der Waals surface area contributed by atoms with E-state index in [4.69, 9.17) is 61.1 Å². The minimum Gasteiger partial charge on any atom is -0.505 e. The lowest BCUT2D eigenvalue weighted by Crippen LogP contribution is -2.64. The van der Waals surface area contributed by atoms with E-state index in [0.29, 0.717) is 23.1 Å². The Balaban J connectivity index is 1.63. The van der Waals surface area contributed by atoms with E-state index in [-0.39, 0.29) is 29.0 Å². The van der Waals surface area contributed by atoms with Gasteiger partial charge in [-0.1, -0.05) is 79.9 Å². The highest BCUT2D eigenvalue weighted by Gasteiger charge is 2.53. The summed E-state index contributed by atoms with van der Waals surface area (Å²) in [5.74, 6) is -4.98. The van der Waals surface area contributed by atoms with Crippen molar-refractivity contribution in [3.05, 3.63) is 79.9 Å². The van der Waals surface area contributed by atoms with Gasteiger partial charge in [-0.05, 0) is 91.0 Å². The van der Waals surface area contributed by atoms with Crippen molar-refractivity contribution < 1.29 is 88.0 Å². The summed E-state index contributed by atoms with van der Waals surface area (Å²) < 4.78 is 47.6. The average molecular weight is 1040 g/mol. The quantitative estimate of drug-likeness (QED) is 0.0721. The van der Waals surface area contributed by atoms with Crippen molar-refractivity contribution in [1.82, 2.24) is 0 Å². The zero-order chi connectivity index (χ0) is 53.4. The molecular weight excluding hydrogens is 971 g/mol. The summed E-state index contributed by atoms with van der Waals surface area (Å²) in [5, 5.41) is 75.7. The zero-order valence-electron chi connectivity index (χ0n) is 42.3. The van der Waals surface area contributed by atoms with Crippen molar-refractivity contribution in [1.29, 1.82) is 0 Å². The first-order valence-electron chi connectivity index (χ1n) is 23.6. The molecule has 14 unspecified atom stereocenters. The number of aliphatic hydroxyl groups is 5. The summed E-state index contributed by atoms with van der Waals surface area (Å²) >= 11 is 12.1. The van der Waals surface area contributed by atoms with Crippen molar-refractivity contribution in [2.24, 2.45) is 11.8 Å². The van der Waals surface area contributed by atoms with E-state index in [9.17, 15) is 50.1 Å². The fraction of sp³-hybridized carbons (Fsp3) is 0.627. The van der Waals surface area contributed by atoms with Gasteiger partial charge in [-0.15, -0.1) is 0 Å². The number of phenols is 2. The first-order valence-corrected chi connectivity index (χ1v) is 24.4. The van der Waals surface area contributed by atoms with E-state index >= 15 is 0 Å². The maximum absolute atomic E-state index is 13.9. The molecule has 1 aromatic rings. The maximum atomic E-state index is 13.9. The number of hydrogen-bond acceptors (Lipinski definition) is 18. The number of allylic oxidation sites excluding steroid dienone is 4. The van der Waals surface area contributed by atoms with Gasteiger partial charge in [0.05, 0.1) is 53.1 Å². The lowest BCUT2D eigenvalue weighted by atomic mass is 9.88. The van der Waals surface area contributed by atoms with Crippen LogP contribution in [0.15, 0.2) is 58.7 Å². The van der Waals surface area contributed by atoms with Crippen molar-refractivity contribution in [3.8, 4) is 11.5 Å². The van der Waals surface area contributed by atoms with Crippen LogP contribution in [0.25, 0.3) is 0 Å². The Kier molecular flexibility index (Phi) is 21.7. The topological polar surface area (TPSA) is 267 Å². The van der Waals surface area contributed by atoms with Gasteiger partial charge >= 0.3 is 17.9 Å². The molecule has 0 saturated carbocycles. The molecule has 3 heterocycles. The minimum atomic E-state index is -1.57. The Hall–Kier alpha value is -3.89. The van der Waals surface area contributed by atoms with Crippen LogP contribution in [-0.4, -0.2) is 153 Å². The number of aromatic hydroxyl groups is 2. The molecule has 3 aliphatic rings. The third-order valence-corrected chi connectivity index (χ3v) is 13.6. The van der Waals surface area contributed by atoms with Gasteiger partial charge < -0.3 is 73.6 Å². The molecule has 2 saturated heterocycles. The van der Waals surface area contributed by atoms with Crippen LogP contribution in [0.3, 0.4) is 0 Å². The van der Waals surface area contributed by atoms with Crippen LogP contribution >= 0.6 is 23.2 Å². The summed E-state index contributed by atoms with van der Waals surface area (Å²) in [6.45, 7) is 17.7. The summed E-state index contributed by atoms with van der Waals surface area (Å²) in [6.07, 6.45) is -5.56. The number of cyclic esters (lactones) is 1. The van der Waals surface area contributed by atoms with Crippen molar-refractivity contribution in [2.45, 2.75) is 181 Å². The number of carbonyl (C=O) groups is 3. The highest BCUT2D eigenvalue weighted by molar-refractivity contribution is 6.39. The standard InChI is InChI=1S/C51H72Cl2O18/c1-13-30-21-25(5)32(55)17-15-14-16-31(22-65-49-43(64-12)39(58)42(29(9)66-49)68-48(63)34-27(7)35(52)38(57)36(53)37(34)56)47(62)67-33(28(8)54)19-18-24(4)20-26(6)41(30)70-50-44(69-46(61)23(2)3)40(59)45(60)51(10,11)71-50/h14-16,18,20-21,23,28-30,32-33,39-45,49-50,54-60H,13,17,19,22H2,1-12H3. The Morgan fingerprint density at radius 2 is 1.56 bits per heavy atom.